The molecule has 1 amide bonds. The molecule has 32 heavy (non-hydrogen) atoms. The predicted octanol–water partition coefficient (Wildman–Crippen LogP) is 3.58. The van der Waals surface area contributed by atoms with Crippen LogP contribution in [-0.2, 0) is 17.8 Å². The highest BCUT2D eigenvalue weighted by molar-refractivity contribution is 5.86. The minimum absolute atomic E-state index is 0.0607. The molecule has 0 saturated carbocycles. The van der Waals surface area contributed by atoms with Crippen LogP contribution < -0.4 is 10.9 Å². The van der Waals surface area contributed by atoms with Crippen molar-refractivity contribution in [1.82, 2.24) is 20.7 Å². The molecule has 3 heterocycles. The number of aryl methyl sites for hydroxylation is 2. The molecule has 6 heteroatoms. The van der Waals surface area contributed by atoms with E-state index in [4.69, 9.17) is 0 Å². The van der Waals surface area contributed by atoms with Crippen molar-refractivity contribution in [3.05, 3.63) is 94.8 Å². The van der Waals surface area contributed by atoms with Crippen LogP contribution in [0.5, 0.6) is 5.75 Å². The zero-order valence-electron chi connectivity index (χ0n) is 18.3. The van der Waals surface area contributed by atoms with E-state index in [2.05, 4.69) is 47.0 Å². The molecule has 2 aliphatic rings. The molecule has 0 aliphatic carbocycles. The average molecular weight is 429 g/mol. The minimum atomic E-state index is -0.368. The van der Waals surface area contributed by atoms with Gasteiger partial charge < -0.3 is 10.0 Å². The third-order valence-corrected chi connectivity index (χ3v) is 6.74. The number of hydrogen-bond acceptors (Lipinski definition) is 5. The number of hydrazine groups is 1. The van der Waals surface area contributed by atoms with E-state index in [1.165, 1.54) is 5.56 Å². The van der Waals surface area contributed by atoms with E-state index in [0.29, 0.717) is 6.54 Å². The van der Waals surface area contributed by atoms with E-state index in [-0.39, 0.29) is 35.7 Å². The SMILES string of the molecule is CCc1ccc(C2C3C(NNC3c3cc(C)ccc3O)C(=O)N2Cc2cccnc2)cc1. The van der Waals surface area contributed by atoms with Crippen molar-refractivity contribution < 1.29 is 9.90 Å². The lowest BCUT2D eigenvalue weighted by Crippen LogP contribution is -2.41. The molecule has 164 valence electrons. The first-order valence-corrected chi connectivity index (χ1v) is 11.2. The van der Waals surface area contributed by atoms with Crippen LogP contribution in [0.25, 0.3) is 0 Å². The number of aromatic hydroxyl groups is 1. The van der Waals surface area contributed by atoms with Gasteiger partial charge in [0.25, 0.3) is 0 Å². The molecular weight excluding hydrogens is 400 g/mol. The number of carbonyl (C=O) groups excluding carboxylic acids is 1. The van der Waals surface area contributed by atoms with Gasteiger partial charge in [-0.3, -0.25) is 9.78 Å². The van der Waals surface area contributed by atoms with Crippen LogP contribution in [0.4, 0.5) is 0 Å². The number of likely N-dealkylation sites (tertiary alicyclic amines) is 1. The number of hydrogen-bond donors (Lipinski definition) is 3. The van der Waals surface area contributed by atoms with Gasteiger partial charge in [0.1, 0.15) is 11.8 Å². The number of phenols is 1. The second-order valence-electron chi connectivity index (χ2n) is 8.75. The number of nitrogens with zero attached hydrogens (tertiary/aromatic N) is 2. The lowest BCUT2D eigenvalue weighted by Gasteiger charge is -2.31. The third-order valence-electron chi connectivity index (χ3n) is 6.74. The number of nitrogens with one attached hydrogen (secondary N) is 2. The number of benzene rings is 2. The first-order chi connectivity index (χ1) is 15.6. The molecule has 0 radical (unpaired) electrons. The standard InChI is InChI=1S/C26H28N4O2/c1-3-17-7-9-19(10-8-17)25-22-23(20-13-16(2)6-11-21(20)31)28-29-24(22)26(32)30(25)15-18-5-4-12-27-14-18/h4-14,22-25,28-29,31H,3,15H2,1-2H3. The fraction of sp³-hybridized carbons (Fsp3) is 0.308. The lowest BCUT2D eigenvalue weighted by molar-refractivity contribution is -0.131. The summed E-state index contributed by atoms with van der Waals surface area (Å²) in [6, 6.07) is 17.4. The molecule has 4 unspecified atom stereocenters. The summed E-state index contributed by atoms with van der Waals surface area (Å²) in [5.74, 6) is 0.235. The van der Waals surface area contributed by atoms with Gasteiger partial charge in [-0.25, -0.2) is 10.9 Å². The van der Waals surface area contributed by atoms with Crippen LogP contribution in [-0.4, -0.2) is 26.9 Å². The van der Waals surface area contributed by atoms with Crippen molar-refractivity contribution >= 4 is 5.91 Å². The molecular formula is C26H28N4O2. The number of aromatic nitrogens is 1. The molecule has 2 fully saturated rings. The van der Waals surface area contributed by atoms with Gasteiger partial charge >= 0.3 is 0 Å². The summed E-state index contributed by atoms with van der Waals surface area (Å²) in [5, 5.41) is 10.6. The number of fused-ring (bicyclic) bond motifs is 1. The monoisotopic (exact) mass is 428 g/mol. The van der Waals surface area contributed by atoms with Gasteiger partial charge in [0.15, 0.2) is 0 Å². The number of carbonyl (C=O) groups is 1. The van der Waals surface area contributed by atoms with Crippen molar-refractivity contribution in [3.8, 4) is 5.75 Å². The normalized spacial score (nSPS) is 24.7. The molecule has 1 aromatic heterocycles. The minimum Gasteiger partial charge on any atom is -0.508 e. The second kappa shape index (κ2) is 8.37. The Labute approximate surface area is 188 Å². The van der Waals surface area contributed by atoms with Crippen LogP contribution >= 0.6 is 0 Å². The summed E-state index contributed by atoms with van der Waals surface area (Å²) in [6.07, 6.45) is 4.53. The average Bonchev–Trinajstić information content (AvgIpc) is 3.35. The van der Waals surface area contributed by atoms with Gasteiger partial charge in [-0.15, -0.1) is 0 Å². The van der Waals surface area contributed by atoms with Crippen molar-refractivity contribution in [2.75, 3.05) is 0 Å². The van der Waals surface area contributed by atoms with Crippen LogP contribution in [0.2, 0.25) is 0 Å². The Morgan fingerprint density at radius 3 is 2.53 bits per heavy atom. The van der Waals surface area contributed by atoms with E-state index in [1.807, 2.05) is 42.3 Å². The van der Waals surface area contributed by atoms with Gasteiger partial charge in [0.05, 0.1) is 12.1 Å². The molecule has 3 aromatic rings. The predicted molar refractivity (Wildman–Crippen MR) is 122 cm³/mol. The molecule has 2 aliphatic heterocycles. The lowest BCUT2D eigenvalue weighted by atomic mass is 9.82. The van der Waals surface area contributed by atoms with Crippen LogP contribution in [0.15, 0.2) is 67.0 Å². The number of rotatable bonds is 5. The van der Waals surface area contributed by atoms with Gasteiger partial charge in [-0.05, 0) is 42.2 Å². The molecule has 6 nitrogen and oxygen atoms in total. The fourth-order valence-corrected chi connectivity index (χ4v) is 5.10. The summed E-state index contributed by atoms with van der Waals surface area (Å²) in [7, 11) is 0. The van der Waals surface area contributed by atoms with Crippen molar-refractivity contribution in [3.63, 3.8) is 0 Å². The third kappa shape index (κ3) is 3.55. The molecule has 5 rings (SSSR count). The molecule has 0 bridgehead atoms. The first-order valence-electron chi connectivity index (χ1n) is 11.2. The van der Waals surface area contributed by atoms with Crippen LogP contribution in [0.1, 0.15) is 46.8 Å². The molecule has 2 saturated heterocycles. The van der Waals surface area contributed by atoms with E-state index >= 15 is 0 Å². The summed E-state index contributed by atoms with van der Waals surface area (Å²) in [6.45, 7) is 4.65. The highest BCUT2D eigenvalue weighted by atomic mass is 16.3. The molecule has 0 spiro atoms. The smallest absolute Gasteiger partial charge is 0.242 e. The van der Waals surface area contributed by atoms with Crippen molar-refractivity contribution in [1.29, 1.82) is 0 Å². The molecule has 4 atom stereocenters. The topological polar surface area (TPSA) is 77.5 Å². The van der Waals surface area contributed by atoms with Gasteiger partial charge in [-0.1, -0.05) is 55.0 Å². The number of amides is 1. The van der Waals surface area contributed by atoms with Gasteiger partial charge in [-0.2, -0.15) is 0 Å². The Bertz CT molecular complexity index is 1120. The fourth-order valence-electron chi connectivity index (χ4n) is 5.10. The zero-order chi connectivity index (χ0) is 22.2. The summed E-state index contributed by atoms with van der Waals surface area (Å²) >= 11 is 0. The van der Waals surface area contributed by atoms with Gasteiger partial charge in [0.2, 0.25) is 5.91 Å². The quantitative estimate of drug-likeness (QED) is 0.579. The summed E-state index contributed by atoms with van der Waals surface area (Å²) < 4.78 is 0. The Morgan fingerprint density at radius 2 is 1.81 bits per heavy atom. The Kier molecular flexibility index (Phi) is 5.41. The molecule has 3 N–H and O–H groups in total. The highest BCUT2D eigenvalue weighted by Gasteiger charge is 2.55. The van der Waals surface area contributed by atoms with E-state index in [0.717, 1.165) is 28.7 Å². The maximum Gasteiger partial charge on any atom is 0.242 e. The van der Waals surface area contributed by atoms with E-state index in [9.17, 15) is 9.90 Å². The maximum absolute atomic E-state index is 13.6. The maximum atomic E-state index is 13.6. The number of phenolic OH excluding ortho intramolecular Hbond substituents is 1. The largest absolute Gasteiger partial charge is 0.508 e. The van der Waals surface area contributed by atoms with E-state index in [1.54, 1.807) is 12.3 Å². The summed E-state index contributed by atoms with van der Waals surface area (Å²) in [4.78, 5) is 19.8. The zero-order valence-corrected chi connectivity index (χ0v) is 18.3. The Hall–Kier alpha value is -3.22. The summed E-state index contributed by atoms with van der Waals surface area (Å²) in [5.41, 5.74) is 11.8. The van der Waals surface area contributed by atoms with Crippen LogP contribution in [0, 0.1) is 12.8 Å². The van der Waals surface area contributed by atoms with Gasteiger partial charge in [0, 0.05) is 30.4 Å². The Morgan fingerprint density at radius 1 is 1.03 bits per heavy atom. The van der Waals surface area contributed by atoms with E-state index < -0.39 is 0 Å². The Balaban J connectivity index is 1.58. The van der Waals surface area contributed by atoms with Crippen LogP contribution in [0.3, 0.4) is 0 Å². The second-order valence-corrected chi connectivity index (χ2v) is 8.75. The first kappa shape index (κ1) is 20.7. The number of pyridine rings is 1. The molecule has 2 aromatic carbocycles. The van der Waals surface area contributed by atoms with Crippen molar-refractivity contribution in [2.24, 2.45) is 5.92 Å². The van der Waals surface area contributed by atoms with Crippen molar-refractivity contribution in [2.45, 2.75) is 44.9 Å². The highest BCUT2D eigenvalue weighted by Crippen LogP contribution is 2.49.